The lowest BCUT2D eigenvalue weighted by Crippen LogP contribution is -2.64. The number of carbonyl (C=O) groups is 4. The van der Waals surface area contributed by atoms with Crippen molar-refractivity contribution in [3.8, 4) is 0 Å². The topological polar surface area (TPSA) is 124 Å². The van der Waals surface area contributed by atoms with Gasteiger partial charge in [0.15, 0.2) is 24.6 Å². The van der Waals surface area contributed by atoms with Crippen molar-refractivity contribution in [1.82, 2.24) is 0 Å². The molecule has 8 atom stereocenters. The van der Waals surface area contributed by atoms with Crippen molar-refractivity contribution >= 4 is 23.9 Å². The van der Waals surface area contributed by atoms with E-state index in [-0.39, 0.29) is 18.6 Å². The van der Waals surface area contributed by atoms with Crippen molar-refractivity contribution in [1.29, 1.82) is 0 Å². The summed E-state index contributed by atoms with van der Waals surface area (Å²) in [5.41, 5.74) is 0.965. The average molecular weight is 597 g/mol. The van der Waals surface area contributed by atoms with Crippen LogP contribution >= 0.6 is 0 Å². The van der Waals surface area contributed by atoms with Crippen LogP contribution in [0, 0.1) is 35.5 Å². The van der Waals surface area contributed by atoms with Crippen molar-refractivity contribution in [2.75, 3.05) is 6.61 Å². The van der Waals surface area contributed by atoms with E-state index in [9.17, 15) is 19.2 Å². The van der Waals surface area contributed by atoms with Gasteiger partial charge in [-0.15, -0.1) is 0 Å². The van der Waals surface area contributed by atoms with Crippen LogP contribution in [0.15, 0.2) is 12.2 Å². The molecule has 1 aliphatic heterocycles. The number of ether oxygens (including phenoxy) is 6. The lowest BCUT2D eigenvalue weighted by molar-refractivity contribution is -0.323. The Hall–Kier alpha value is -2.46. The average Bonchev–Trinajstić information content (AvgIpc) is 2.89. The van der Waals surface area contributed by atoms with Gasteiger partial charge >= 0.3 is 23.9 Å². The zero-order chi connectivity index (χ0) is 31.9. The summed E-state index contributed by atoms with van der Waals surface area (Å²) in [7, 11) is 0. The molecule has 2 rings (SSSR count). The number of rotatable bonds is 12. The third kappa shape index (κ3) is 9.79. The minimum absolute atomic E-state index is 0.0385. The van der Waals surface area contributed by atoms with E-state index in [4.69, 9.17) is 28.4 Å². The summed E-state index contributed by atoms with van der Waals surface area (Å²) in [5.74, 6) is -3.74. The number of esters is 4. The first-order chi connectivity index (χ1) is 19.5. The predicted molar refractivity (Wildman–Crippen MR) is 155 cm³/mol. The standard InChI is InChI=1S/C32H52O10/c1-16(2)22-13-12-21(11)14-23(22)38-32-27(42-31(36)20(9)10)26(41-30(35)19(7)8)25(40-29(34)18(5)6)24(39-32)15-37-28(33)17(3)4/h17-27,32H,1,12-15H2,2-11H3/t21-,22+,23-,24-,25-,26+,27-,32-/m1/s1. The van der Waals surface area contributed by atoms with Gasteiger partial charge < -0.3 is 28.4 Å². The van der Waals surface area contributed by atoms with Crippen LogP contribution in [0.4, 0.5) is 0 Å². The highest BCUT2D eigenvalue weighted by atomic mass is 16.7. The maximum Gasteiger partial charge on any atom is 0.308 e. The lowest BCUT2D eigenvalue weighted by Gasteiger charge is -2.47. The fourth-order valence-electron chi connectivity index (χ4n) is 4.88. The van der Waals surface area contributed by atoms with E-state index in [0.29, 0.717) is 5.92 Å². The highest BCUT2D eigenvalue weighted by Crippen LogP contribution is 2.38. The predicted octanol–water partition coefficient (Wildman–Crippen LogP) is 5.01. The molecule has 0 aromatic carbocycles. The molecule has 0 aromatic heterocycles. The van der Waals surface area contributed by atoms with Crippen LogP contribution in [-0.4, -0.2) is 67.3 Å². The van der Waals surface area contributed by atoms with E-state index in [2.05, 4.69) is 13.5 Å². The van der Waals surface area contributed by atoms with E-state index in [1.807, 2.05) is 6.92 Å². The highest BCUT2D eigenvalue weighted by Gasteiger charge is 2.54. The van der Waals surface area contributed by atoms with Gasteiger partial charge in [0, 0.05) is 5.92 Å². The zero-order valence-corrected chi connectivity index (χ0v) is 27.0. The van der Waals surface area contributed by atoms with E-state index < -0.39 is 78.3 Å². The molecule has 2 fully saturated rings. The Morgan fingerprint density at radius 3 is 1.69 bits per heavy atom. The van der Waals surface area contributed by atoms with Crippen molar-refractivity contribution < 1.29 is 47.6 Å². The summed E-state index contributed by atoms with van der Waals surface area (Å²) in [6.07, 6.45) is -3.75. The molecular formula is C32H52O10. The number of carbonyl (C=O) groups excluding carboxylic acids is 4. The van der Waals surface area contributed by atoms with Crippen LogP contribution in [0.2, 0.25) is 0 Å². The molecule has 240 valence electrons. The van der Waals surface area contributed by atoms with E-state index in [1.54, 1.807) is 55.4 Å². The van der Waals surface area contributed by atoms with E-state index in [1.165, 1.54) is 0 Å². The summed E-state index contributed by atoms with van der Waals surface area (Å²) >= 11 is 0. The van der Waals surface area contributed by atoms with Crippen LogP contribution in [0.1, 0.15) is 88.5 Å². The molecule has 0 radical (unpaired) electrons. The second-order valence-electron chi connectivity index (χ2n) is 13.0. The van der Waals surface area contributed by atoms with Gasteiger partial charge in [-0.2, -0.15) is 0 Å². The normalized spacial score (nSPS) is 29.9. The molecule has 42 heavy (non-hydrogen) atoms. The van der Waals surface area contributed by atoms with Crippen molar-refractivity contribution in [2.45, 2.75) is 125 Å². The van der Waals surface area contributed by atoms with Crippen LogP contribution in [-0.2, 0) is 47.6 Å². The molecule has 1 saturated carbocycles. The number of hydrogen-bond donors (Lipinski definition) is 0. The third-order valence-corrected chi connectivity index (χ3v) is 7.62. The minimum atomic E-state index is -1.28. The first-order valence-electron chi connectivity index (χ1n) is 15.3. The molecule has 0 bridgehead atoms. The van der Waals surface area contributed by atoms with Gasteiger partial charge in [0.25, 0.3) is 0 Å². The molecule has 0 aromatic rings. The van der Waals surface area contributed by atoms with Gasteiger partial charge in [0.05, 0.1) is 29.8 Å². The summed E-state index contributed by atoms with van der Waals surface area (Å²) < 4.78 is 36.2. The first-order valence-corrected chi connectivity index (χ1v) is 15.3. The second kappa shape index (κ2) is 15.8. The fourth-order valence-corrected chi connectivity index (χ4v) is 4.88. The SMILES string of the molecule is C=C(C)[C@@H]1CC[C@@H](C)C[C@H]1O[C@@H]1O[C@H](COC(=O)C(C)C)[C@@H](OC(=O)C(C)C)[C@H](OC(=O)C(C)C)[C@H]1OC(=O)C(C)C. The smallest absolute Gasteiger partial charge is 0.308 e. The van der Waals surface area contributed by atoms with Gasteiger partial charge in [-0.1, -0.05) is 74.5 Å². The largest absolute Gasteiger partial charge is 0.463 e. The summed E-state index contributed by atoms with van der Waals surface area (Å²) in [4.78, 5) is 51.3. The molecule has 0 unspecified atom stereocenters. The molecule has 10 heteroatoms. The van der Waals surface area contributed by atoms with Crippen molar-refractivity contribution in [3.63, 3.8) is 0 Å². The summed E-state index contributed by atoms with van der Waals surface area (Å²) in [6.45, 7) is 21.4. The van der Waals surface area contributed by atoms with Crippen molar-refractivity contribution in [3.05, 3.63) is 12.2 Å². The van der Waals surface area contributed by atoms with E-state index >= 15 is 0 Å². The molecule has 1 saturated heterocycles. The molecular weight excluding hydrogens is 544 g/mol. The Kier molecular flexibility index (Phi) is 13.5. The van der Waals surface area contributed by atoms with Gasteiger partial charge in [-0.05, 0) is 32.1 Å². The van der Waals surface area contributed by atoms with Gasteiger partial charge in [-0.25, -0.2) is 0 Å². The lowest BCUT2D eigenvalue weighted by atomic mass is 9.77. The Labute approximate surface area is 251 Å². The molecule has 0 N–H and O–H groups in total. The maximum absolute atomic E-state index is 13.0. The fraction of sp³-hybridized carbons (Fsp3) is 0.812. The Morgan fingerprint density at radius 1 is 0.738 bits per heavy atom. The molecule has 0 spiro atoms. The summed E-state index contributed by atoms with van der Waals surface area (Å²) in [5, 5.41) is 0. The second-order valence-corrected chi connectivity index (χ2v) is 13.0. The van der Waals surface area contributed by atoms with Crippen LogP contribution in [0.5, 0.6) is 0 Å². The van der Waals surface area contributed by atoms with E-state index in [0.717, 1.165) is 24.8 Å². The third-order valence-electron chi connectivity index (χ3n) is 7.62. The van der Waals surface area contributed by atoms with Crippen LogP contribution in [0.3, 0.4) is 0 Å². The maximum atomic E-state index is 13.0. The van der Waals surface area contributed by atoms with Gasteiger partial charge in [-0.3, -0.25) is 19.2 Å². The molecule has 10 nitrogen and oxygen atoms in total. The Balaban J connectivity index is 2.61. The first kappa shape index (κ1) is 35.7. The Morgan fingerprint density at radius 2 is 1.21 bits per heavy atom. The monoisotopic (exact) mass is 596 g/mol. The molecule has 1 aliphatic carbocycles. The zero-order valence-electron chi connectivity index (χ0n) is 27.0. The summed E-state index contributed by atoms with van der Waals surface area (Å²) in [6, 6.07) is 0. The quantitative estimate of drug-likeness (QED) is 0.172. The van der Waals surface area contributed by atoms with Crippen molar-refractivity contribution in [2.24, 2.45) is 35.5 Å². The number of hydrogen-bond acceptors (Lipinski definition) is 10. The highest BCUT2D eigenvalue weighted by molar-refractivity contribution is 5.74. The van der Waals surface area contributed by atoms with Gasteiger partial charge in [0.2, 0.25) is 0 Å². The van der Waals surface area contributed by atoms with Gasteiger partial charge in [0.1, 0.15) is 12.7 Å². The molecule has 1 heterocycles. The Bertz CT molecular complexity index is 955. The molecule has 0 amide bonds. The van der Waals surface area contributed by atoms with Crippen LogP contribution < -0.4 is 0 Å². The van der Waals surface area contributed by atoms with Crippen LogP contribution in [0.25, 0.3) is 0 Å². The minimum Gasteiger partial charge on any atom is -0.463 e. The molecule has 2 aliphatic rings.